The van der Waals surface area contributed by atoms with Crippen LogP contribution in [0.2, 0.25) is 0 Å². The van der Waals surface area contributed by atoms with Gasteiger partial charge in [-0.25, -0.2) is 4.98 Å². The summed E-state index contributed by atoms with van der Waals surface area (Å²) in [6.45, 7) is 2.79. The van der Waals surface area contributed by atoms with E-state index >= 15 is 0 Å². The van der Waals surface area contributed by atoms with Crippen LogP contribution in [0.1, 0.15) is 42.8 Å². The Hall–Kier alpha value is -0.940. The molecule has 1 aliphatic carbocycles. The average Bonchev–Trinajstić information content (AvgIpc) is 2.98. The van der Waals surface area contributed by atoms with Crippen molar-refractivity contribution in [3.8, 4) is 0 Å². The highest BCUT2D eigenvalue weighted by Gasteiger charge is 2.27. The maximum Gasteiger partial charge on any atom is 0.223 e. The second-order valence-corrected chi connectivity index (χ2v) is 6.34. The van der Waals surface area contributed by atoms with Crippen LogP contribution < -0.4 is 11.1 Å². The molecule has 3 N–H and O–H groups in total. The standard InChI is InChI=1S/C14H23N3OS/c1-10-9-19-13(17-10)4-2-3-7-16-14(18)11-5-6-12(15)8-11/h9,11-12H,2-8,15H2,1H3,(H,16,18). The predicted octanol–water partition coefficient (Wildman–Crippen LogP) is 2.02. The maximum atomic E-state index is 11.9. The van der Waals surface area contributed by atoms with Gasteiger partial charge < -0.3 is 11.1 Å². The van der Waals surface area contributed by atoms with Gasteiger partial charge in [-0.3, -0.25) is 4.79 Å². The zero-order valence-electron chi connectivity index (χ0n) is 11.5. The van der Waals surface area contributed by atoms with Crippen LogP contribution >= 0.6 is 11.3 Å². The number of thiazole rings is 1. The highest BCUT2D eigenvalue weighted by Crippen LogP contribution is 2.23. The molecule has 2 rings (SSSR count). The van der Waals surface area contributed by atoms with E-state index in [-0.39, 0.29) is 17.9 Å². The zero-order valence-corrected chi connectivity index (χ0v) is 12.3. The summed E-state index contributed by atoms with van der Waals surface area (Å²) in [6, 6.07) is 0.226. The molecule has 1 aliphatic rings. The van der Waals surface area contributed by atoms with Gasteiger partial charge in [0.2, 0.25) is 5.91 Å². The molecule has 0 spiro atoms. The number of rotatable bonds is 6. The highest BCUT2D eigenvalue weighted by molar-refractivity contribution is 7.09. The van der Waals surface area contributed by atoms with Crippen molar-refractivity contribution in [2.24, 2.45) is 11.7 Å². The van der Waals surface area contributed by atoms with Crippen molar-refractivity contribution in [3.05, 3.63) is 16.1 Å². The average molecular weight is 281 g/mol. The molecule has 1 aromatic heterocycles. The lowest BCUT2D eigenvalue weighted by atomic mass is 10.1. The van der Waals surface area contributed by atoms with Crippen LogP contribution in [0.15, 0.2) is 5.38 Å². The third-order valence-corrected chi connectivity index (χ3v) is 4.65. The van der Waals surface area contributed by atoms with Crippen LogP contribution in [0.4, 0.5) is 0 Å². The minimum absolute atomic E-state index is 0.150. The molecule has 2 atom stereocenters. The number of carbonyl (C=O) groups is 1. The fourth-order valence-electron chi connectivity index (χ4n) is 2.53. The van der Waals surface area contributed by atoms with E-state index in [9.17, 15) is 4.79 Å². The monoisotopic (exact) mass is 281 g/mol. The van der Waals surface area contributed by atoms with Gasteiger partial charge in [0.25, 0.3) is 0 Å². The molecule has 1 aromatic rings. The van der Waals surface area contributed by atoms with Crippen LogP contribution in [0.5, 0.6) is 0 Å². The normalized spacial score (nSPS) is 22.6. The first-order valence-electron chi connectivity index (χ1n) is 7.09. The summed E-state index contributed by atoms with van der Waals surface area (Å²) in [6.07, 6.45) is 5.90. The molecule has 1 saturated carbocycles. The number of nitrogens with zero attached hydrogens (tertiary/aromatic N) is 1. The molecule has 1 heterocycles. The van der Waals surface area contributed by atoms with Gasteiger partial charge in [0.1, 0.15) is 0 Å². The van der Waals surface area contributed by atoms with Gasteiger partial charge >= 0.3 is 0 Å². The lowest BCUT2D eigenvalue weighted by Gasteiger charge is -2.10. The van der Waals surface area contributed by atoms with E-state index in [1.165, 1.54) is 5.01 Å². The first kappa shape index (κ1) is 14.5. The van der Waals surface area contributed by atoms with E-state index in [0.29, 0.717) is 0 Å². The summed E-state index contributed by atoms with van der Waals surface area (Å²) in [5.74, 6) is 0.342. The van der Waals surface area contributed by atoms with Crippen molar-refractivity contribution >= 4 is 17.2 Å². The van der Waals surface area contributed by atoms with Gasteiger partial charge in [-0.05, 0) is 45.4 Å². The van der Waals surface area contributed by atoms with Crippen molar-refractivity contribution in [1.29, 1.82) is 0 Å². The van der Waals surface area contributed by atoms with Gasteiger partial charge in [0, 0.05) is 29.6 Å². The quantitative estimate of drug-likeness (QED) is 0.784. The van der Waals surface area contributed by atoms with Crippen molar-refractivity contribution in [2.45, 2.75) is 51.5 Å². The van der Waals surface area contributed by atoms with E-state index < -0.39 is 0 Å². The van der Waals surface area contributed by atoms with Gasteiger partial charge in [-0.15, -0.1) is 11.3 Å². The largest absolute Gasteiger partial charge is 0.356 e. The van der Waals surface area contributed by atoms with Crippen molar-refractivity contribution in [3.63, 3.8) is 0 Å². The fourth-order valence-corrected chi connectivity index (χ4v) is 3.35. The first-order valence-corrected chi connectivity index (χ1v) is 7.97. The van der Waals surface area contributed by atoms with Crippen LogP contribution in [-0.2, 0) is 11.2 Å². The number of carbonyl (C=O) groups excluding carboxylic acids is 1. The van der Waals surface area contributed by atoms with Gasteiger partial charge in [0.15, 0.2) is 0 Å². The van der Waals surface area contributed by atoms with E-state index in [0.717, 1.165) is 50.8 Å². The number of hydrogen-bond donors (Lipinski definition) is 2. The number of nitrogens with one attached hydrogen (secondary N) is 1. The third-order valence-electron chi connectivity index (χ3n) is 3.63. The molecule has 0 bridgehead atoms. The van der Waals surface area contributed by atoms with E-state index in [2.05, 4.69) is 15.7 Å². The van der Waals surface area contributed by atoms with Crippen molar-refractivity contribution in [1.82, 2.24) is 10.3 Å². The molecular weight excluding hydrogens is 258 g/mol. The Balaban J connectivity index is 1.55. The lowest BCUT2D eigenvalue weighted by Crippen LogP contribution is -2.31. The van der Waals surface area contributed by atoms with Gasteiger partial charge in [0.05, 0.1) is 5.01 Å². The summed E-state index contributed by atoms with van der Waals surface area (Å²) >= 11 is 1.72. The van der Waals surface area contributed by atoms with Crippen LogP contribution in [-0.4, -0.2) is 23.5 Å². The minimum Gasteiger partial charge on any atom is -0.356 e. The number of nitrogens with two attached hydrogens (primary N) is 1. The van der Waals surface area contributed by atoms with Gasteiger partial charge in [-0.2, -0.15) is 0 Å². The molecule has 1 fully saturated rings. The Morgan fingerprint density at radius 1 is 1.53 bits per heavy atom. The number of aryl methyl sites for hydroxylation is 2. The number of hydrogen-bond acceptors (Lipinski definition) is 4. The van der Waals surface area contributed by atoms with Crippen LogP contribution in [0.3, 0.4) is 0 Å². The Labute approximate surface area is 118 Å². The van der Waals surface area contributed by atoms with Crippen LogP contribution in [0.25, 0.3) is 0 Å². The number of amides is 1. The fraction of sp³-hybridized carbons (Fsp3) is 0.714. The molecule has 106 valence electrons. The molecule has 0 saturated heterocycles. The summed E-state index contributed by atoms with van der Waals surface area (Å²) in [5.41, 5.74) is 6.92. The SMILES string of the molecule is Cc1csc(CCCCNC(=O)C2CCC(N)C2)n1. The van der Waals surface area contributed by atoms with E-state index in [1.807, 2.05) is 6.92 Å². The summed E-state index contributed by atoms with van der Waals surface area (Å²) in [7, 11) is 0. The second-order valence-electron chi connectivity index (χ2n) is 5.40. The third kappa shape index (κ3) is 4.58. The molecule has 0 aromatic carbocycles. The molecule has 2 unspecified atom stereocenters. The Bertz CT molecular complexity index is 419. The first-order chi connectivity index (χ1) is 9.15. The Kier molecular flexibility index (Phi) is 5.34. The lowest BCUT2D eigenvalue weighted by molar-refractivity contribution is -0.124. The number of aromatic nitrogens is 1. The highest BCUT2D eigenvalue weighted by atomic mass is 32.1. The minimum atomic E-state index is 0.150. The molecule has 4 nitrogen and oxygen atoms in total. The van der Waals surface area contributed by atoms with E-state index in [1.54, 1.807) is 11.3 Å². The molecule has 19 heavy (non-hydrogen) atoms. The predicted molar refractivity (Wildman–Crippen MR) is 78.1 cm³/mol. The Morgan fingerprint density at radius 2 is 2.37 bits per heavy atom. The number of unbranched alkanes of at least 4 members (excludes halogenated alkanes) is 1. The molecule has 1 amide bonds. The van der Waals surface area contributed by atoms with Gasteiger partial charge in [-0.1, -0.05) is 0 Å². The summed E-state index contributed by atoms with van der Waals surface area (Å²) in [5, 5.41) is 6.31. The summed E-state index contributed by atoms with van der Waals surface area (Å²) in [4.78, 5) is 16.3. The summed E-state index contributed by atoms with van der Waals surface area (Å²) < 4.78 is 0. The zero-order chi connectivity index (χ0) is 13.7. The Morgan fingerprint density at radius 3 is 3.00 bits per heavy atom. The second kappa shape index (κ2) is 7.01. The molecule has 0 radical (unpaired) electrons. The smallest absolute Gasteiger partial charge is 0.223 e. The van der Waals surface area contributed by atoms with Crippen molar-refractivity contribution < 1.29 is 4.79 Å². The molecule has 5 heteroatoms. The topological polar surface area (TPSA) is 68.0 Å². The maximum absolute atomic E-state index is 11.9. The molecular formula is C14H23N3OS. The molecule has 0 aliphatic heterocycles. The van der Waals surface area contributed by atoms with Crippen LogP contribution in [0, 0.1) is 12.8 Å². The van der Waals surface area contributed by atoms with Crippen molar-refractivity contribution in [2.75, 3.05) is 6.54 Å². The van der Waals surface area contributed by atoms with E-state index in [4.69, 9.17) is 5.73 Å².